The summed E-state index contributed by atoms with van der Waals surface area (Å²) in [6.07, 6.45) is 8.63. The second-order valence-corrected chi connectivity index (χ2v) is 9.50. The lowest BCUT2D eigenvalue weighted by Gasteiger charge is -2.19. The van der Waals surface area contributed by atoms with E-state index in [9.17, 15) is 4.79 Å². The van der Waals surface area contributed by atoms with Crippen molar-refractivity contribution in [2.24, 2.45) is 10.9 Å². The zero-order valence-electron chi connectivity index (χ0n) is 16.6. The molecular weight excluding hydrogens is 392 g/mol. The van der Waals surface area contributed by atoms with Crippen molar-refractivity contribution in [3.05, 3.63) is 39.5 Å². The van der Waals surface area contributed by atoms with Crippen LogP contribution < -0.4 is 16.2 Å². The maximum absolute atomic E-state index is 11.1. The third-order valence-electron chi connectivity index (χ3n) is 5.35. The van der Waals surface area contributed by atoms with Gasteiger partial charge in [-0.1, -0.05) is 6.07 Å². The highest BCUT2D eigenvalue weighted by Gasteiger charge is 2.24. The molecule has 1 aromatic carbocycles. The first-order valence-corrected chi connectivity index (χ1v) is 11.2. The monoisotopic (exact) mass is 420 g/mol. The van der Waals surface area contributed by atoms with Crippen molar-refractivity contribution < 1.29 is 9.53 Å². The molecule has 0 radical (unpaired) electrons. The van der Waals surface area contributed by atoms with E-state index >= 15 is 0 Å². The van der Waals surface area contributed by atoms with Gasteiger partial charge in [-0.2, -0.15) is 0 Å². The molecule has 8 heteroatoms. The first kappa shape index (κ1) is 21.1. The Morgan fingerprint density at radius 2 is 1.82 bits per heavy atom. The van der Waals surface area contributed by atoms with Crippen LogP contribution >= 0.6 is 23.3 Å². The van der Waals surface area contributed by atoms with E-state index in [1.54, 1.807) is 24.6 Å². The molecule has 0 fully saturated rings. The number of carbonyl (C=O) groups excluding carboxylic acids is 1. The zero-order valence-corrected chi connectivity index (χ0v) is 18.3. The molecule has 1 heterocycles. The molecule has 0 saturated heterocycles. The number of methoxy groups -OCH3 is 1. The Morgan fingerprint density at radius 3 is 2.29 bits per heavy atom. The van der Waals surface area contributed by atoms with E-state index in [-0.39, 0.29) is 5.60 Å². The summed E-state index contributed by atoms with van der Waals surface area (Å²) in [6, 6.07) is 1.91. The van der Waals surface area contributed by atoms with Crippen molar-refractivity contribution >= 4 is 35.0 Å². The van der Waals surface area contributed by atoms with Gasteiger partial charge in [0.15, 0.2) is 0 Å². The van der Waals surface area contributed by atoms with Gasteiger partial charge in [0.25, 0.3) is 0 Å². The third kappa shape index (κ3) is 4.51. The number of ether oxygens (including phenoxy) is 1. The van der Waals surface area contributed by atoms with E-state index < -0.39 is 6.03 Å². The van der Waals surface area contributed by atoms with Gasteiger partial charge >= 0.3 is 6.03 Å². The first-order chi connectivity index (χ1) is 13.4. The predicted octanol–water partition coefficient (Wildman–Crippen LogP) is 4.15. The Balaban J connectivity index is 0.000000169. The molecule has 2 amide bonds. The van der Waals surface area contributed by atoms with Gasteiger partial charge in [-0.15, -0.1) is 11.3 Å². The molecule has 6 nitrogen and oxygen atoms in total. The van der Waals surface area contributed by atoms with Crippen LogP contribution in [0.1, 0.15) is 54.0 Å². The molecule has 2 aromatic rings. The molecule has 2 aliphatic rings. The van der Waals surface area contributed by atoms with Crippen molar-refractivity contribution in [1.29, 1.82) is 0 Å². The van der Waals surface area contributed by atoms with Gasteiger partial charge in [0.2, 0.25) is 0 Å². The van der Waals surface area contributed by atoms with Gasteiger partial charge < -0.3 is 15.8 Å². The van der Waals surface area contributed by atoms with Crippen LogP contribution in [-0.4, -0.2) is 18.1 Å². The number of carbonyl (C=O) groups is 1. The van der Waals surface area contributed by atoms with E-state index in [0.717, 1.165) is 40.6 Å². The molecule has 0 aliphatic heterocycles. The van der Waals surface area contributed by atoms with E-state index in [2.05, 4.69) is 16.4 Å². The van der Waals surface area contributed by atoms with E-state index in [1.165, 1.54) is 47.0 Å². The van der Waals surface area contributed by atoms with Crippen LogP contribution in [0.4, 0.5) is 10.5 Å². The number of fused-ring (bicyclic) bond motifs is 2. The largest absolute Gasteiger partial charge is 0.372 e. The fourth-order valence-electron chi connectivity index (χ4n) is 3.77. The molecule has 2 aliphatic carbocycles. The Labute approximate surface area is 174 Å². The minimum Gasteiger partial charge on any atom is -0.372 e. The highest BCUT2D eigenvalue weighted by Crippen LogP contribution is 2.38. The fourth-order valence-corrected chi connectivity index (χ4v) is 5.04. The average molecular weight is 421 g/mol. The van der Waals surface area contributed by atoms with Crippen LogP contribution in [0.15, 0.2) is 16.5 Å². The van der Waals surface area contributed by atoms with Crippen LogP contribution in [-0.2, 0) is 36.0 Å². The molecule has 0 spiro atoms. The van der Waals surface area contributed by atoms with Crippen LogP contribution in [0, 0.1) is 0 Å². The molecule has 0 atom stereocenters. The number of hydrogen-bond acceptors (Lipinski definition) is 6. The van der Waals surface area contributed by atoms with Crippen LogP contribution in [0.25, 0.3) is 0 Å². The summed E-state index contributed by atoms with van der Waals surface area (Å²) in [6.45, 7) is 3.97. The summed E-state index contributed by atoms with van der Waals surface area (Å²) in [5.74, 6) is 0. The maximum atomic E-state index is 11.1. The second-order valence-electron chi connectivity index (χ2n) is 7.54. The van der Waals surface area contributed by atoms with E-state index in [4.69, 9.17) is 15.6 Å². The number of nitrogens with zero attached hydrogens (tertiary/aromatic N) is 1. The lowest BCUT2D eigenvalue weighted by Crippen LogP contribution is -2.21. The first-order valence-electron chi connectivity index (χ1n) is 9.47. The Hall–Kier alpha value is -1.61. The summed E-state index contributed by atoms with van der Waals surface area (Å²) in [4.78, 5) is 15.3. The smallest absolute Gasteiger partial charge is 0.316 e. The minimum atomic E-state index is -0.436. The van der Waals surface area contributed by atoms with E-state index in [0.29, 0.717) is 0 Å². The van der Waals surface area contributed by atoms with Gasteiger partial charge in [-0.05, 0) is 86.6 Å². The van der Waals surface area contributed by atoms with E-state index in [1.807, 2.05) is 13.8 Å². The SMILES string of the molecule is COC(C)(C)c1ncc(SN)s1.NC(=O)Nc1c2c(cc3c1CCC3)CCC2. The molecule has 1 aromatic heterocycles. The van der Waals surface area contributed by atoms with Crippen molar-refractivity contribution in [1.82, 2.24) is 4.98 Å². The van der Waals surface area contributed by atoms with Gasteiger partial charge in [0.05, 0.1) is 10.4 Å². The van der Waals surface area contributed by atoms with Crippen LogP contribution in [0.3, 0.4) is 0 Å². The third-order valence-corrected chi connectivity index (χ3v) is 7.32. The Kier molecular flexibility index (Phi) is 6.65. The van der Waals surface area contributed by atoms with Gasteiger partial charge in [-0.3, -0.25) is 5.14 Å². The molecular formula is C20H28N4O2S2. The zero-order chi connectivity index (χ0) is 20.3. The number of benzene rings is 1. The second kappa shape index (κ2) is 8.82. The summed E-state index contributed by atoms with van der Waals surface area (Å²) in [7, 11) is 1.68. The number of aryl methyl sites for hydroxylation is 2. The number of urea groups is 1. The molecule has 5 N–H and O–H groups in total. The van der Waals surface area contributed by atoms with Gasteiger partial charge in [-0.25, -0.2) is 9.78 Å². The Morgan fingerprint density at radius 1 is 1.21 bits per heavy atom. The summed E-state index contributed by atoms with van der Waals surface area (Å²) in [5, 5.41) is 9.19. The highest BCUT2D eigenvalue weighted by atomic mass is 32.2. The van der Waals surface area contributed by atoms with Crippen molar-refractivity contribution in [3.8, 4) is 0 Å². The summed E-state index contributed by atoms with van der Waals surface area (Å²) in [5.41, 5.74) is 11.5. The number of anilines is 1. The quantitative estimate of drug-likeness (QED) is 0.645. The predicted molar refractivity (Wildman–Crippen MR) is 116 cm³/mol. The minimum absolute atomic E-state index is 0.307. The van der Waals surface area contributed by atoms with Gasteiger partial charge in [0, 0.05) is 12.8 Å². The van der Waals surface area contributed by atoms with Crippen LogP contribution in [0.5, 0.6) is 0 Å². The number of nitrogens with two attached hydrogens (primary N) is 2. The number of thiazole rings is 1. The average Bonchev–Trinajstić information content (AvgIpc) is 3.41. The van der Waals surface area contributed by atoms with Gasteiger partial charge in [0.1, 0.15) is 10.6 Å². The normalized spacial score (nSPS) is 14.9. The number of hydrogen-bond donors (Lipinski definition) is 3. The van der Waals surface area contributed by atoms with Crippen molar-refractivity contribution in [2.75, 3.05) is 12.4 Å². The standard InChI is InChI=1S/C13H16N2O.C7H12N2OS2/c14-13(16)15-12-10-5-1-3-8(10)7-9-4-2-6-11(9)12;1-7(2,10-3)6-9-4-5(11-6)12-8/h7H,1-6H2,(H3,14,15,16);4H,8H2,1-3H3. The number of primary amides is 1. The summed E-state index contributed by atoms with van der Waals surface area (Å²) >= 11 is 2.78. The molecule has 0 bridgehead atoms. The van der Waals surface area contributed by atoms with Crippen LogP contribution in [0.2, 0.25) is 0 Å². The lowest BCUT2D eigenvalue weighted by atomic mass is 9.99. The number of aromatic nitrogens is 1. The fraction of sp³-hybridized carbons (Fsp3) is 0.500. The highest BCUT2D eigenvalue weighted by molar-refractivity contribution is 7.99. The van der Waals surface area contributed by atoms with Crippen molar-refractivity contribution in [3.63, 3.8) is 0 Å². The molecule has 28 heavy (non-hydrogen) atoms. The number of rotatable bonds is 4. The Bertz CT molecular complexity index is 832. The topological polar surface area (TPSA) is 103 Å². The molecule has 152 valence electrons. The number of amides is 2. The number of nitrogens with one attached hydrogen (secondary N) is 1. The molecule has 0 saturated carbocycles. The summed E-state index contributed by atoms with van der Waals surface area (Å²) < 4.78 is 6.29. The lowest BCUT2D eigenvalue weighted by molar-refractivity contribution is 0.0190. The maximum Gasteiger partial charge on any atom is 0.316 e. The molecule has 4 rings (SSSR count). The van der Waals surface area contributed by atoms with Crippen molar-refractivity contribution in [2.45, 2.75) is 62.2 Å². The molecule has 0 unspecified atom stereocenters.